The van der Waals surface area contributed by atoms with E-state index in [1.807, 2.05) is 19.9 Å². The van der Waals surface area contributed by atoms with Crippen molar-refractivity contribution in [3.8, 4) is 11.5 Å². The first-order valence-corrected chi connectivity index (χ1v) is 5.68. The van der Waals surface area contributed by atoms with E-state index in [1.165, 1.54) is 0 Å². The molecule has 2 aliphatic heterocycles. The van der Waals surface area contributed by atoms with Gasteiger partial charge in [-0.1, -0.05) is 13.3 Å². The summed E-state index contributed by atoms with van der Waals surface area (Å²) >= 11 is 0. The molecule has 0 fully saturated rings. The van der Waals surface area contributed by atoms with Crippen molar-refractivity contribution < 1.29 is 5.21 Å². The third-order valence-corrected chi connectivity index (χ3v) is 2.78. The molecule has 16 heavy (non-hydrogen) atoms. The molecule has 0 spiro atoms. The Labute approximate surface area is 95.3 Å². The molecule has 0 saturated carbocycles. The quantitative estimate of drug-likeness (QED) is 0.807. The number of rotatable bonds is 3. The van der Waals surface area contributed by atoms with Crippen LogP contribution in [0.1, 0.15) is 36.8 Å². The Morgan fingerprint density at radius 3 is 2.75 bits per heavy atom. The van der Waals surface area contributed by atoms with Gasteiger partial charge in [0.1, 0.15) is 11.5 Å². The van der Waals surface area contributed by atoms with Gasteiger partial charge in [0.2, 0.25) is 0 Å². The van der Waals surface area contributed by atoms with Gasteiger partial charge in [0, 0.05) is 6.42 Å². The Morgan fingerprint density at radius 1 is 1.31 bits per heavy atom. The Morgan fingerprint density at radius 2 is 2.06 bits per heavy atom. The smallest absolute Gasteiger partial charge is 0.196 e. The maximum absolute atomic E-state index is 9.84. The van der Waals surface area contributed by atoms with Crippen LogP contribution in [0.5, 0.6) is 0 Å². The third-order valence-electron chi connectivity index (χ3n) is 2.78. The van der Waals surface area contributed by atoms with Gasteiger partial charge in [0.05, 0.1) is 5.69 Å². The van der Waals surface area contributed by atoms with Crippen LogP contribution in [0.15, 0.2) is 6.07 Å². The van der Waals surface area contributed by atoms with E-state index in [1.54, 1.807) is 0 Å². The maximum Gasteiger partial charge on any atom is 0.196 e. The Bertz CT molecular complexity index is 476. The summed E-state index contributed by atoms with van der Waals surface area (Å²) in [5.41, 5.74) is 2.65. The van der Waals surface area contributed by atoms with E-state index in [9.17, 15) is 5.21 Å². The SMILES string of the molecule is CCCCc1nc2c(C)cc(C)n(O)c-2n1. The van der Waals surface area contributed by atoms with Crippen LogP contribution in [0.3, 0.4) is 0 Å². The molecule has 4 heteroatoms. The number of hydrogen-bond donors (Lipinski definition) is 1. The van der Waals surface area contributed by atoms with Crippen molar-refractivity contribution in [1.29, 1.82) is 0 Å². The average molecular weight is 219 g/mol. The fraction of sp³-hybridized carbons (Fsp3) is 0.500. The maximum atomic E-state index is 9.84. The van der Waals surface area contributed by atoms with Gasteiger partial charge in [-0.2, -0.15) is 4.73 Å². The minimum absolute atomic E-state index is 0.573. The lowest BCUT2D eigenvalue weighted by Gasteiger charge is -2.08. The van der Waals surface area contributed by atoms with Crippen molar-refractivity contribution in [3.63, 3.8) is 0 Å². The number of unbranched alkanes of at least 4 members (excludes halogenated alkanes) is 1. The fourth-order valence-electron chi connectivity index (χ4n) is 1.85. The lowest BCUT2D eigenvalue weighted by atomic mass is 10.2. The highest BCUT2D eigenvalue weighted by Crippen LogP contribution is 2.24. The van der Waals surface area contributed by atoms with Crippen molar-refractivity contribution in [2.24, 2.45) is 0 Å². The molecule has 0 saturated heterocycles. The summed E-state index contributed by atoms with van der Waals surface area (Å²) in [5, 5.41) is 9.84. The largest absolute Gasteiger partial charge is 0.427 e. The van der Waals surface area contributed by atoms with Crippen LogP contribution in [-0.4, -0.2) is 19.9 Å². The van der Waals surface area contributed by atoms with Crippen LogP contribution in [0.2, 0.25) is 0 Å². The van der Waals surface area contributed by atoms with Gasteiger partial charge >= 0.3 is 0 Å². The summed E-state index contributed by atoms with van der Waals surface area (Å²) in [5.74, 6) is 1.40. The first kappa shape index (κ1) is 10.9. The molecule has 0 atom stereocenters. The first-order chi connectivity index (χ1) is 7.63. The van der Waals surface area contributed by atoms with Crippen LogP contribution < -0.4 is 0 Å². The number of imidazole rings is 1. The van der Waals surface area contributed by atoms with Crippen molar-refractivity contribution in [1.82, 2.24) is 14.7 Å². The second-order valence-corrected chi connectivity index (χ2v) is 4.20. The number of hydrogen-bond acceptors (Lipinski definition) is 3. The molecule has 0 aromatic rings. The third kappa shape index (κ3) is 1.75. The molecule has 0 radical (unpaired) electrons. The van der Waals surface area contributed by atoms with E-state index in [0.717, 1.165) is 46.8 Å². The minimum Gasteiger partial charge on any atom is -0.427 e. The summed E-state index contributed by atoms with van der Waals surface area (Å²) in [6.07, 6.45) is 3.09. The summed E-state index contributed by atoms with van der Waals surface area (Å²) in [4.78, 5) is 8.83. The summed E-state index contributed by atoms with van der Waals surface area (Å²) in [6, 6.07) is 1.92. The molecule has 0 aromatic carbocycles. The van der Waals surface area contributed by atoms with Crippen molar-refractivity contribution in [3.05, 3.63) is 23.1 Å². The van der Waals surface area contributed by atoms with Gasteiger partial charge in [-0.15, -0.1) is 0 Å². The lowest BCUT2D eigenvalue weighted by molar-refractivity contribution is 0.180. The van der Waals surface area contributed by atoms with Gasteiger partial charge in [-0.3, -0.25) is 0 Å². The molecule has 2 aliphatic rings. The lowest BCUT2D eigenvalue weighted by Crippen LogP contribution is -2.04. The molecule has 2 heterocycles. The zero-order valence-corrected chi connectivity index (χ0v) is 9.99. The number of aromatic nitrogens is 3. The molecular weight excluding hydrogens is 202 g/mol. The molecule has 1 N–H and O–H groups in total. The fourth-order valence-corrected chi connectivity index (χ4v) is 1.85. The highest BCUT2D eigenvalue weighted by atomic mass is 16.5. The highest BCUT2D eigenvalue weighted by molar-refractivity contribution is 5.57. The van der Waals surface area contributed by atoms with Gasteiger partial charge in [-0.25, -0.2) is 9.97 Å². The molecule has 0 bridgehead atoms. The second kappa shape index (κ2) is 4.12. The molecular formula is C12H17N3O. The number of aryl methyl sites for hydroxylation is 3. The van der Waals surface area contributed by atoms with Gasteiger partial charge in [0.25, 0.3) is 0 Å². The molecule has 0 aromatic heterocycles. The Hall–Kier alpha value is -1.58. The van der Waals surface area contributed by atoms with Gasteiger partial charge in [-0.05, 0) is 31.9 Å². The number of nitrogens with zero attached hydrogens (tertiary/aromatic N) is 3. The summed E-state index contributed by atoms with van der Waals surface area (Å²) in [7, 11) is 0. The first-order valence-electron chi connectivity index (χ1n) is 5.68. The van der Waals surface area contributed by atoms with E-state index >= 15 is 0 Å². The highest BCUT2D eigenvalue weighted by Gasteiger charge is 2.18. The van der Waals surface area contributed by atoms with E-state index in [2.05, 4.69) is 16.9 Å². The Balaban J connectivity index is 2.48. The summed E-state index contributed by atoms with van der Waals surface area (Å²) < 4.78 is 1.12. The van der Waals surface area contributed by atoms with E-state index in [-0.39, 0.29) is 0 Å². The molecule has 4 nitrogen and oxygen atoms in total. The predicted molar refractivity (Wildman–Crippen MR) is 61.9 cm³/mol. The molecule has 0 amide bonds. The predicted octanol–water partition coefficient (Wildman–Crippen LogP) is 2.58. The van der Waals surface area contributed by atoms with Crippen LogP contribution >= 0.6 is 0 Å². The van der Waals surface area contributed by atoms with Gasteiger partial charge < -0.3 is 5.21 Å². The zero-order chi connectivity index (χ0) is 11.7. The van der Waals surface area contributed by atoms with Crippen molar-refractivity contribution in [2.45, 2.75) is 40.0 Å². The standard InChI is InChI=1S/C12H17N3O/c1-4-5-6-10-13-11-8(2)7-9(3)15(16)12(11)14-10/h7,16H,4-6H2,1-3H3. The summed E-state index contributed by atoms with van der Waals surface area (Å²) in [6.45, 7) is 5.99. The average Bonchev–Trinajstić information content (AvgIpc) is 2.68. The molecule has 0 unspecified atom stereocenters. The van der Waals surface area contributed by atoms with E-state index in [4.69, 9.17) is 0 Å². The second-order valence-electron chi connectivity index (χ2n) is 4.20. The number of fused-ring (bicyclic) bond motifs is 1. The van der Waals surface area contributed by atoms with E-state index < -0.39 is 0 Å². The van der Waals surface area contributed by atoms with Crippen LogP contribution in [0.4, 0.5) is 0 Å². The molecule has 0 aliphatic carbocycles. The molecule has 86 valence electrons. The normalized spacial score (nSPS) is 11.2. The minimum atomic E-state index is 0.573. The van der Waals surface area contributed by atoms with Crippen LogP contribution in [-0.2, 0) is 6.42 Å². The van der Waals surface area contributed by atoms with Crippen LogP contribution in [0.25, 0.3) is 11.5 Å². The van der Waals surface area contributed by atoms with Crippen molar-refractivity contribution in [2.75, 3.05) is 0 Å². The topological polar surface area (TPSA) is 50.9 Å². The zero-order valence-electron chi connectivity index (χ0n) is 9.99. The van der Waals surface area contributed by atoms with Crippen molar-refractivity contribution >= 4 is 0 Å². The Kier molecular flexibility index (Phi) is 2.81. The van der Waals surface area contributed by atoms with Crippen LogP contribution in [0, 0.1) is 13.8 Å². The monoisotopic (exact) mass is 219 g/mol. The van der Waals surface area contributed by atoms with Gasteiger partial charge in [0.15, 0.2) is 5.82 Å². The number of pyridine rings is 1. The molecule has 2 rings (SSSR count). The van der Waals surface area contributed by atoms with E-state index in [0.29, 0.717) is 5.82 Å².